The molecule has 1 heterocycles. The van der Waals surface area contributed by atoms with Crippen LogP contribution in [0.2, 0.25) is 0 Å². The number of carbonyl (C=O) groups excluding carboxylic acids is 3. The van der Waals surface area contributed by atoms with Crippen molar-refractivity contribution < 1.29 is 23.5 Å². The normalized spacial score (nSPS) is 13.9. The molecule has 0 bridgehead atoms. The van der Waals surface area contributed by atoms with Gasteiger partial charge in [-0.05, 0) is 63.9 Å². The highest BCUT2D eigenvalue weighted by Crippen LogP contribution is 2.32. The number of halogens is 1. The van der Waals surface area contributed by atoms with Gasteiger partial charge in [0.1, 0.15) is 11.9 Å². The van der Waals surface area contributed by atoms with Crippen molar-refractivity contribution in [2.24, 2.45) is 5.92 Å². The summed E-state index contributed by atoms with van der Waals surface area (Å²) in [6.07, 6.45) is 0. The Balaban J connectivity index is 1.53. The molecular weight excluding hydrogens is 483 g/mol. The van der Waals surface area contributed by atoms with Gasteiger partial charge in [0.2, 0.25) is 0 Å². The van der Waals surface area contributed by atoms with Gasteiger partial charge in [-0.1, -0.05) is 65.0 Å². The molecule has 0 spiro atoms. The van der Waals surface area contributed by atoms with Gasteiger partial charge < -0.3 is 15.0 Å². The number of anilines is 1. The molecule has 0 saturated carbocycles. The van der Waals surface area contributed by atoms with Gasteiger partial charge in [0.15, 0.2) is 0 Å². The number of nitrogens with zero attached hydrogens (tertiary/aromatic N) is 1. The first-order chi connectivity index (χ1) is 17.9. The summed E-state index contributed by atoms with van der Waals surface area (Å²) in [5.74, 6) is -1.81. The van der Waals surface area contributed by atoms with Gasteiger partial charge in [-0.3, -0.25) is 9.59 Å². The molecule has 1 aliphatic rings. The molecule has 198 valence electrons. The number of nitrogens with one attached hydrogen (secondary N) is 1. The fourth-order valence-corrected chi connectivity index (χ4v) is 4.72. The first kappa shape index (κ1) is 27.0. The van der Waals surface area contributed by atoms with E-state index in [0.29, 0.717) is 28.8 Å². The molecule has 7 heteroatoms. The van der Waals surface area contributed by atoms with Crippen molar-refractivity contribution in [1.82, 2.24) is 4.90 Å². The summed E-state index contributed by atoms with van der Waals surface area (Å²) in [4.78, 5) is 39.7. The first-order valence-electron chi connectivity index (χ1n) is 12.6. The lowest BCUT2D eigenvalue weighted by Gasteiger charge is -2.28. The van der Waals surface area contributed by atoms with Gasteiger partial charge >= 0.3 is 5.97 Å². The number of amides is 2. The molecule has 0 saturated heterocycles. The van der Waals surface area contributed by atoms with E-state index < -0.39 is 23.7 Å². The van der Waals surface area contributed by atoms with Crippen LogP contribution < -0.4 is 5.32 Å². The van der Waals surface area contributed by atoms with E-state index in [1.54, 1.807) is 24.3 Å². The Bertz CT molecular complexity index is 1390. The van der Waals surface area contributed by atoms with Crippen LogP contribution in [0, 0.1) is 11.7 Å². The summed E-state index contributed by atoms with van der Waals surface area (Å²) in [6.45, 7) is 10.3. The third-order valence-corrected chi connectivity index (χ3v) is 6.92. The first-order valence-corrected chi connectivity index (χ1v) is 12.6. The minimum Gasteiger partial charge on any atom is -0.467 e. The third-order valence-electron chi connectivity index (χ3n) is 6.92. The molecule has 2 amide bonds. The Morgan fingerprint density at radius 3 is 2.18 bits per heavy atom. The second kappa shape index (κ2) is 10.4. The maximum atomic E-state index is 15.0. The van der Waals surface area contributed by atoms with Gasteiger partial charge in [-0.15, -0.1) is 0 Å². The number of esters is 1. The average molecular weight is 517 g/mol. The SMILES string of the molecule is COC(=O)C(C(C)C)N1Cc2ccc(-c3ccc(NC(=O)c4ccc(C(C)(C)C)cc4)c(F)c3)cc2C1=O. The quantitative estimate of drug-likeness (QED) is 0.396. The molecule has 0 fully saturated rings. The van der Waals surface area contributed by atoms with Crippen molar-refractivity contribution >= 4 is 23.5 Å². The number of rotatable bonds is 6. The van der Waals surface area contributed by atoms with E-state index in [0.717, 1.165) is 11.1 Å². The molecule has 0 aliphatic carbocycles. The second-order valence-electron chi connectivity index (χ2n) is 11.0. The molecule has 6 nitrogen and oxygen atoms in total. The van der Waals surface area contributed by atoms with Crippen LogP contribution in [0.1, 0.15) is 66.5 Å². The minimum atomic E-state index is -0.687. The highest BCUT2D eigenvalue weighted by molar-refractivity contribution is 6.04. The predicted octanol–water partition coefficient (Wildman–Crippen LogP) is 6.20. The highest BCUT2D eigenvalue weighted by Gasteiger charge is 2.38. The van der Waals surface area contributed by atoms with Crippen LogP contribution in [0.3, 0.4) is 0 Å². The largest absolute Gasteiger partial charge is 0.467 e. The number of hydrogen-bond acceptors (Lipinski definition) is 4. The Kier molecular flexibility index (Phi) is 7.40. The van der Waals surface area contributed by atoms with Crippen molar-refractivity contribution in [3.05, 3.63) is 88.7 Å². The molecule has 1 unspecified atom stereocenters. The molecule has 1 N–H and O–H groups in total. The summed E-state index contributed by atoms with van der Waals surface area (Å²) in [5, 5.41) is 2.64. The lowest BCUT2D eigenvalue weighted by molar-refractivity contribution is -0.147. The van der Waals surface area contributed by atoms with Crippen LogP contribution in [-0.2, 0) is 21.5 Å². The smallest absolute Gasteiger partial charge is 0.328 e. The van der Waals surface area contributed by atoms with Gasteiger partial charge in [-0.2, -0.15) is 0 Å². The van der Waals surface area contributed by atoms with E-state index in [2.05, 4.69) is 26.1 Å². The van der Waals surface area contributed by atoms with Crippen LogP contribution in [-0.4, -0.2) is 35.8 Å². The Labute approximate surface area is 222 Å². The predicted molar refractivity (Wildman–Crippen MR) is 145 cm³/mol. The molecule has 0 radical (unpaired) electrons. The summed E-state index contributed by atoms with van der Waals surface area (Å²) in [6, 6.07) is 16.5. The molecule has 0 aromatic heterocycles. The van der Waals surface area contributed by atoms with Crippen LogP contribution in [0.4, 0.5) is 10.1 Å². The van der Waals surface area contributed by atoms with Gasteiger partial charge in [0.25, 0.3) is 11.8 Å². The lowest BCUT2D eigenvalue weighted by atomic mass is 9.87. The Morgan fingerprint density at radius 1 is 0.974 bits per heavy atom. The molecule has 38 heavy (non-hydrogen) atoms. The number of fused-ring (bicyclic) bond motifs is 1. The van der Waals surface area contributed by atoms with E-state index in [1.165, 1.54) is 24.1 Å². The van der Waals surface area contributed by atoms with Crippen LogP contribution in [0.5, 0.6) is 0 Å². The van der Waals surface area contributed by atoms with E-state index in [-0.39, 0.29) is 22.9 Å². The van der Waals surface area contributed by atoms with Gasteiger partial charge in [0, 0.05) is 17.7 Å². The summed E-state index contributed by atoms with van der Waals surface area (Å²) >= 11 is 0. The van der Waals surface area contributed by atoms with Crippen LogP contribution in [0.25, 0.3) is 11.1 Å². The van der Waals surface area contributed by atoms with Crippen molar-refractivity contribution in [2.75, 3.05) is 12.4 Å². The fraction of sp³-hybridized carbons (Fsp3) is 0.323. The summed E-state index contributed by atoms with van der Waals surface area (Å²) in [7, 11) is 1.31. The van der Waals surface area contributed by atoms with E-state index in [9.17, 15) is 14.4 Å². The van der Waals surface area contributed by atoms with Crippen molar-refractivity contribution in [3.8, 4) is 11.1 Å². The number of ether oxygens (including phenoxy) is 1. The fourth-order valence-electron chi connectivity index (χ4n) is 4.72. The Hall–Kier alpha value is -4.00. The molecule has 3 aromatic rings. The van der Waals surface area contributed by atoms with E-state index in [4.69, 9.17) is 4.74 Å². The standard InChI is InChI=1S/C31H33FN2O4/c1-18(2)27(30(37)38-6)34-17-22-8-7-20(15-24(22)29(34)36)21-11-14-26(25(32)16-21)33-28(35)19-9-12-23(13-10-19)31(3,4)5/h7-16,18,27H,17H2,1-6H3,(H,33,35). The molecule has 1 atom stereocenters. The highest BCUT2D eigenvalue weighted by atomic mass is 19.1. The zero-order chi connectivity index (χ0) is 27.8. The lowest BCUT2D eigenvalue weighted by Crippen LogP contribution is -2.45. The van der Waals surface area contributed by atoms with Crippen molar-refractivity contribution in [3.63, 3.8) is 0 Å². The zero-order valence-corrected chi connectivity index (χ0v) is 22.6. The number of hydrogen-bond donors (Lipinski definition) is 1. The monoisotopic (exact) mass is 516 g/mol. The average Bonchev–Trinajstić information content (AvgIpc) is 3.19. The number of methoxy groups -OCH3 is 1. The third kappa shape index (κ3) is 5.32. The maximum Gasteiger partial charge on any atom is 0.328 e. The van der Waals surface area contributed by atoms with E-state index >= 15 is 4.39 Å². The Morgan fingerprint density at radius 2 is 1.61 bits per heavy atom. The minimum absolute atomic E-state index is 0.0329. The molecular formula is C31H33FN2O4. The van der Waals surface area contributed by atoms with Gasteiger partial charge in [0.05, 0.1) is 12.8 Å². The van der Waals surface area contributed by atoms with Crippen LogP contribution in [0.15, 0.2) is 60.7 Å². The summed E-state index contributed by atoms with van der Waals surface area (Å²) in [5.41, 5.74) is 4.09. The van der Waals surface area contributed by atoms with Crippen molar-refractivity contribution in [1.29, 1.82) is 0 Å². The molecule has 3 aromatic carbocycles. The maximum absolute atomic E-state index is 15.0. The van der Waals surface area contributed by atoms with Crippen LogP contribution >= 0.6 is 0 Å². The van der Waals surface area contributed by atoms with Gasteiger partial charge in [-0.25, -0.2) is 9.18 Å². The number of benzene rings is 3. The van der Waals surface area contributed by atoms with E-state index in [1.807, 2.05) is 38.1 Å². The summed E-state index contributed by atoms with van der Waals surface area (Å²) < 4.78 is 19.9. The number of carbonyl (C=O) groups is 3. The molecule has 4 rings (SSSR count). The zero-order valence-electron chi connectivity index (χ0n) is 22.6. The van der Waals surface area contributed by atoms with Crippen molar-refractivity contribution in [2.45, 2.75) is 52.6 Å². The second-order valence-corrected chi connectivity index (χ2v) is 11.0. The topological polar surface area (TPSA) is 75.7 Å². The molecule has 1 aliphatic heterocycles.